The maximum absolute atomic E-state index is 4.89. The molecular formula is C28H21N5. The Labute approximate surface area is 190 Å². The highest BCUT2D eigenvalue weighted by Crippen LogP contribution is 2.37. The van der Waals surface area contributed by atoms with Crippen molar-refractivity contribution in [1.82, 2.24) is 15.3 Å². The number of aromatic amines is 2. The Morgan fingerprint density at radius 1 is 0.758 bits per heavy atom. The molecule has 0 spiro atoms. The molecule has 3 N–H and O–H groups in total. The maximum atomic E-state index is 4.89. The van der Waals surface area contributed by atoms with Crippen molar-refractivity contribution in [2.45, 2.75) is 12.0 Å². The van der Waals surface area contributed by atoms with Gasteiger partial charge in [0.2, 0.25) is 0 Å². The van der Waals surface area contributed by atoms with Gasteiger partial charge in [-0.3, -0.25) is 0 Å². The van der Waals surface area contributed by atoms with Crippen LogP contribution in [0.15, 0.2) is 112 Å². The molecular weight excluding hydrogens is 406 g/mol. The van der Waals surface area contributed by atoms with Gasteiger partial charge in [-0.25, -0.2) is 9.98 Å². The second kappa shape index (κ2) is 6.81. The zero-order chi connectivity index (χ0) is 21.8. The Balaban J connectivity index is 1.41. The summed E-state index contributed by atoms with van der Waals surface area (Å²) in [6.45, 7) is 0. The molecule has 0 saturated carbocycles. The third kappa shape index (κ3) is 3.17. The molecule has 0 saturated heterocycles. The van der Waals surface area contributed by atoms with E-state index in [9.17, 15) is 0 Å². The van der Waals surface area contributed by atoms with Gasteiger partial charge in [0.25, 0.3) is 0 Å². The van der Waals surface area contributed by atoms with Gasteiger partial charge < -0.3 is 15.3 Å². The molecule has 33 heavy (non-hydrogen) atoms. The Kier molecular flexibility index (Phi) is 3.76. The third-order valence-corrected chi connectivity index (χ3v) is 6.42. The average Bonchev–Trinajstić information content (AvgIpc) is 3.62. The highest BCUT2D eigenvalue weighted by atomic mass is 15.0. The van der Waals surface area contributed by atoms with E-state index in [2.05, 4.69) is 106 Å². The van der Waals surface area contributed by atoms with Crippen molar-refractivity contribution in [2.75, 3.05) is 0 Å². The van der Waals surface area contributed by atoms with Crippen LogP contribution in [0.25, 0.3) is 23.1 Å². The Morgan fingerprint density at radius 2 is 1.52 bits per heavy atom. The second-order valence-corrected chi connectivity index (χ2v) is 8.77. The van der Waals surface area contributed by atoms with E-state index >= 15 is 0 Å². The van der Waals surface area contributed by atoms with Crippen LogP contribution >= 0.6 is 0 Å². The number of allylic oxidation sites excluding steroid dienone is 5. The van der Waals surface area contributed by atoms with E-state index in [1.807, 2.05) is 6.08 Å². The van der Waals surface area contributed by atoms with Gasteiger partial charge >= 0.3 is 0 Å². The molecule has 158 valence electrons. The number of nitrogens with zero attached hydrogens (tertiary/aromatic N) is 2. The van der Waals surface area contributed by atoms with E-state index in [4.69, 9.17) is 9.98 Å². The van der Waals surface area contributed by atoms with E-state index in [0.717, 1.165) is 56.8 Å². The minimum absolute atomic E-state index is 0.415. The number of fused-ring (bicyclic) bond motifs is 7. The molecule has 5 heteroatoms. The van der Waals surface area contributed by atoms with Crippen LogP contribution in [0.4, 0.5) is 0 Å². The van der Waals surface area contributed by atoms with Gasteiger partial charge in [0.15, 0.2) is 0 Å². The van der Waals surface area contributed by atoms with Crippen molar-refractivity contribution < 1.29 is 0 Å². The summed E-state index contributed by atoms with van der Waals surface area (Å²) in [6.07, 6.45) is 19.8. The van der Waals surface area contributed by atoms with E-state index < -0.39 is 5.54 Å². The number of para-hydroxylation sites is 1. The van der Waals surface area contributed by atoms with Crippen molar-refractivity contribution >= 4 is 34.5 Å². The summed E-state index contributed by atoms with van der Waals surface area (Å²) >= 11 is 0. The second-order valence-electron chi connectivity index (χ2n) is 8.77. The first-order valence-corrected chi connectivity index (χ1v) is 11.1. The molecule has 7 rings (SSSR count). The fourth-order valence-electron chi connectivity index (χ4n) is 4.83. The average molecular weight is 428 g/mol. The standard InChI is InChI=1S/C28H21N5/c1-2-4-26-18(3-1)13-27(32-26)28-12-11-24(33-28)16-23-8-7-20(30-23)14-19-5-6-21(29-19)15-22-9-10-25(17-28)31-22/h1-11,13-17,29,32-33H,12H2. The number of hydrogen-bond donors (Lipinski definition) is 3. The van der Waals surface area contributed by atoms with Gasteiger partial charge in [-0.2, -0.15) is 0 Å². The number of H-pyrrole nitrogens is 2. The zero-order valence-electron chi connectivity index (χ0n) is 17.8. The summed E-state index contributed by atoms with van der Waals surface area (Å²) in [5.41, 5.74) is 6.64. The first-order chi connectivity index (χ1) is 16.2. The first kappa shape index (κ1) is 18.2. The zero-order valence-corrected chi connectivity index (χ0v) is 17.8. The first-order valence-electron chi connectivity index (χ1n) is 11.1. The van der Waals surface area contributed by atoms with Gasteiger partial charge in [-0.15, -0.1) is 0 Å². The summed E-state index contributed by atoms with van der Waals surface area (Å²) in [5, 5.41) is 7.01. The number of benzene rings is 1. The molecule has 1 unspecified atom stereocenters. The lowest BCUT2D eigenvalue weighted by Gasteiger charge is -2.27. The number of rotatable bonds is 1. The summed E-state index contributed by atoms with van der Waals surface area (Å²) in [6, 6.07) is 14.8. The lowest BCUT2D eigenvalue weighted by Crippen LogP contribution is -2.36. The van der Waals surface area contributed by atoms with Crippen molar-refractivity contribution in [1.29, 1.82) is 0 Å². The van der Waals surface area contributed by atoms with Crippen molar-refractivity contribution in [3.63, 3.8) is 0 Å². The highest BCUT2D eigenvalue weighted by Gasteiger charge is 2.35. The van der Waals surface area contributed by atoms with Crippen LogP contribution in [0, 0.1) is 0 Å². The lowest BCUT2D eigenvalue weighted by atomic mass is 9.92. The van der Waals surface area contributed by atoms with Crippen LogP contribution in [0.3, 0.4) is 0 Å². The highest BCUT2D eigenvalue weighted by molar-refractivity contribution is 6.20. The van der Waals surface area contributed by atoms with Crippen molar-refractivity contribution in [3.8, 4) is 0 Å². The van der Waals surface area contributed by atoms with Crippen LogP contribution in [-0.2, 0) is 5.54 Å². The molecule has 4 aliphatic heterocycles. The van der Waals surface area contributed by atoms with Crippen LogP contribution in [0.5, 0.6) is 0 Å². The van der Waals surface area contributed by atoms with Gasteiger partial charge in [-0.1, -0.05) is 24.3 Å². The SMILES string of the molecule is C1=CC2=NC1=CC1=CCC(c3cc4ccccc4[nH]3)(C=C3C=CC(=N3)C=c3ccc([nH]3)=C2)N1. The molecule has 5 nitrogen and oxygen atoms in total. The molecule has 0 aliphatic carbocycles. The number of aliphatic imine (C=N–C) groups is 2. The molecule has 1 atom stereocenters. The summed E-state index contributed by atoms with van der Waals surface area (Å²) in [5.74, 6) is 0. The van der Waals surface area contributed by atoms with Crippen molar-refractivity contribution in [3.05, 3.63) is 118 Å². The Hall–Kier alpha value is -4.38. The Morgan fingerprint density at radius 3 is 2.33 bits per heavy atom. The quantitative estimate of drug-likeness (QED) is 0.545. The topological polar surface area (TPSA) is 68.3 Å². The van der Waals surface area contributed by atoms with Gasteiger partial charge in [-0.05, 0) is 78.3 Å². The Bertz CT molecular complexity index is 1630. The molecule has 4 aliphatic rings. The molecule has 0 fully saturated rings. The maximum Gasteiger partial charge on any atom is 0.102 e. The predicted molar refractivity (Wildman–Crippen MR) is 134 cm³/mol. The minimum Gasteiger partial charge on any atom is -0.371 e. The third-order valence-electron chi connectivity index (χ3n) is 6.42. The predicted octanol–water partition coefficient (Wildman–Crippen LogP) is 3.63. The monoisotopic (exact) mass is 427 g/mol. The fourth-order valence-corrected chi connectivity index (χ4v) is 4.83. The van der Waals surface area contributed by atoms with Crippen LogP contribution in [0.2, 0.25) is 0 Å². The normalized spacial score (nSPS) is 22.7. The summed E-state index contributed by atoms with van der Waals surface area (Å²) < 4.78 is 0. The number of hydrogen-bond acceptors (Lipinski definition) is 3. The summed E-state index contributed by atoms with van der Waals surface area (Å²) in [7, 11) is 0. The van der Waals surface area contributed by atoms with E-state index in [1.54, 1.807) is 0 Å². The van der Waals surface area contributed by atoms with Gasteiger partial charge in [0, 0.05) is 34.0 Å². The summed E-state index contributed by atoms with van der Waals surface area (Å²) in [4.78, 5) is 16.7. The van der Waals surface area contributed by atoms with Crippen LogP contribution < -0.4 is 16.0 Å². The lowest BCUT2D eigenvalue weighted by molar-refractivity contribution is 0.492. The molecule has 8 bridgehead atoms. The molecule has 0 radical (unpaired) electrons. The van der Waals surface area contributed by atoms with E-state index in [1.165, 1.54) is 5.39 Å². The largest absolute Gasteiger partial charge is 0.371 e. The van der Waals surface area contributed by atoms with Crippen LogP contribution in [0.1, 0.15) is 12.1 Å². The smallest absolute Gasteiger partial charge is 0.102 e. The minimum atomic E-state index is -0.415. The van der Waals surface area contributed by atoms with Gasteiger partial charge in [0.05, 0.1) is 22.8 Å². The molecule has 2 aromatic heterocycles. The fraction of sp³-hybridized carbons (Fsp3) is 0.0714. The molecule has 0 amide bonds. The molecule has 6 heterocycles. The van der Waals surface area contributed by atoms with E-state index in [-0.39, 0.29) is 0 Å². The molecule has 1 aromatic carbocycles. The van der Waals surface area contributed by atoms with Gasteiger partial charge in [0.1, 0.15) is 5.54 Å². The number of aromatic nitrogens is 2. The molecule has 3 aromatic rings. The van der Waals surface area contributed by atoms with E-state index in [0.29, 0.717) is 0 Å². The van der Waals surface area contributed by atoms with Crippen molar-refractivity contribution in [2.24, 2.45) is 9.98 Å². The van der Waals surface area contributed by atoms with Crippen LogP contribution in [-0.4, -0.2) is 21.4 Å². The number of nitrogens with one attached hydrogen (secondary N) is 3.